The Bertz CT molecular complexity index is 1160. The molecule has 0 radical (unpaired) electrons. The number of benzene rings is 1. The number of thiophene rings is 2. The zero-order chi connectivity index (χ0) is 19.8. The molecule has 148 valence electrons. The van der Waals surface area contributed by atoms with Crippen molar-refractivity contribution in [2.75, 3.05) is 31.6 Å². The predicted molar refractivity (Wildman–Crippen MR) is 118 cm³/mol. The summed E-state index contributed by atoms with van der Waals surface area (Å²) in [5.74, 6) is 0.839. The molecule has 0 unspecified atom stereocenters. The van der Waals surface area contributed by atoms with E-state index in [9.17, 15) is 4.79 Å². The highest BCUT2D eigenvalue weighted by Gasteiger charge is 2.24. The number of aryl methyl sites for hydroxylation is 1. The summed E-state index contributed by atoms with van der Waals surface area (Å²) in [4.78, 5) is 26.6. The first-order chi connectivity index (χ1) is 14.2. The Kier molecular flexibility index (Phi) is 4.91. The molecule has 4 aromatic rings. The van der Waals surface area contributed by atoms with Crippen LogP contribution in [-0.4, -0.2) is 47.1 Å². The smallest absolute Gasteiger partial charge is 0.264 e. The summed E-state index contributed by atoms with van der Waals surface area (Å²) in [5.41, 5.74) is 0.945. The molecule has 1 aromatic carbocycles. The molecule has 0 aliphatic carbocycles. The van der Waals surface area contributed by atoms with Gasteiger partial charge in [-0.3, -0.25) is 4.79 Å². The maximum absolute atomic E-state index is 13.0. The molecule has 1 aliphatic rings. The van der Waals surface area contributed by atoms with Crippen molar-refractivity contribution in [2.45, 2.75) is 13.5 Å². The van der Waals surface area contributed by atoms with Gasteiger partial charge in [-0.05, 0) is 30.0 Å². The molecule has 0 bridgehead atoms. The number of aromatic nitrogens is 2. The van der Waals surface area contributed by atoms with Gasteiger partial charge >= 0.3 is 0 Å². The second-order valence-corrected chi connectivity index (χ2v) is 9.13. The molecule has 0 atom stereocenters. The predicted octanol–water partition coefficient (Wildman–Crippen LogP) is 4.30. The average Bonchev–Trinajstić information content (AvgIpc) is 3.33. The molecule has 1 fully saturated rings. The quantitative estimate of drug-likeness (QED) is 0.529. The van der Waals surface area contributed by atoms with Crippen LogP contribution < -0.4 is 5.32 Å². The van der Waals surface area contributed by atoms with E-state index in [0.29, 0.717) is 32.8 Å². The minimum atomic E-state index is 0.0595. The Morgan fingerprint density at radius 3 is 2.86 bits per heavy atom. The van der Waals surface area contributed by atoms with Crippen molar-refractivity contribution in [2.24, 2.45) is 0 Å². The summed E-state index contributed by atoms with van der Waals surface area (Å²) in [6.45, 7) is 5.13. The van der Waals surface area contributed by atoms with Crippen molar-refractivity contribution in [3.8, 4) is 0 Å². The fourth-order valence-corrected chi connectivity index (χ4v) is 5.74. The molecule has 1 amide bonds. The van der Waals surface area contributed by atoms with Crippen molar-refractivity contribution < 1.29 is 9.53 Å². The van der Waals surface area contributed by atoms with Gasteiger partial charge in [0.05, 0.1) is 30.0 Å². The van der Waals surface area contributed by atoms with Gasteiger partial charge in [-0.1, -0.05) is 18.2 Å². The summed E-state index contributed by atoms with van der Waals surface area (Å²) >= 11 is 3.22. The highest BCUT2D eigenvalue weighted by atomic mass is 32.1. The van der Waals surface area contributed by atoms with Crippen molar-refractivity contribution in [3.05, 3.63) is 52.0 Å². The first-order valence-corrected chi connectivity index (χ1v) is 11.2. The van der Waals surface area contributed by atoms with E-state index in [1.54, 1.807) is 17.7 Å². The Morgan fingerprint density at radius 1 is 1.21 bits per heavy atom. The van der Waals surface area contributed by atoms with E-state index in [2.05, 4.69) is 45.6 Å². The number of fused-ring (bicyclic) bond motifs is 2. The zero-order valence-corrected chi connectivity index (χ0v) is 17.6. The van der Waals surface area contributed by atoms with Gasteiger partial charge in [0.2, 0.25) is 0 Å². The largest absolute Gasteiger partial charge is 0.378 e. The minimum Gasteiger partial charge on any atom is -0.378 e. The van der Waals surface area contributed by atoms with Crippen molar-refractivity contribution in [1.29, 1.82) is 0 Å². The number of amides is 1. The molecule has 1 aliphatic heterocycles. The van der Waals surface area contributed by atoms with E-state index in [1.165, 1.54) is 26.3 Å². The Morgan fingerprint density at radius 2 is 2.03 bits per heavy atom. The summed E-state index contributed by atoms with van der Waals surface area (Å²) in [6, 6.07) is 10.6. The molecular weight excluding hydrogens is 404 g/mol. The van der Waals surface area contributed by atoms with Gasteiger partial charge in [-0.25, -0.2) is 9.97 Å². The summed E-state index contributed by atoms with van der Waals surface area (Å²) in [5, 5.41) is 5.66. The number of rotatable bonds is 4. The topological polar surface area (TPSA) is 67.4 Å². The van der Waals surface area contributed by atoms with E-state index < -0.39 is 0 Å². The molecule has 8 heteroatoms. The van der Waals surface area contributed by atoms with Gasteiger partial charge in [-0.2, -0.15) is 0 Å². The molecule has 5 rings (SSSR count). The number of nitrogens with zero attached hydrogens (tertiary/aromatic N) is 3. The number of hydrogen-bond donors (Lipinski definition) is 1. The third kappa shape index (κ3) is 3.48. The number of ether oxygens (including phenoxy) is 1. The van der Waals surface area contributed by atoms with Crippen LogP contribution in [0.2, 0.25) is 0 Å². The van der Waals surface area contributed by atoms with Gasteiger partial charge in [0.15, 0.2) is 0 Å². The monoisotopic (exact) mass is 424 g/mol. The van der Waals surface area contributed by atoms with Crippen LogP contribution in [0, 0.1) is 6.92 Å². The van der Waals surface area contributed by atoms with Crippen molar-refractivity contribution >= 4 is 54.7 Å². The lowest BCUT2D eigenvalue weighted by Gasteiger charge is -2.26. The van der Waals surface area contributed by atoms with Gasteiger partial charge in [0, 0.05) is 22.7 Å². The second-order valence-electron chi connectivity index (χ2n) is 6.97. The molecular formula is C21H20N4O2S2. The molecule has 1 saturated heterocycles. The van der Waals surface area contributed by atoms with E-state index in [4.69, 9.17) is 4.74 Å². The number of carbonyl (C=O) groups is 1. The summed E-state index contributed by atoms with van der Waals surface area (Å²) in [7, 11) is 0. The van der Waals surface area contributed by atoms with Crippen LogP contribution in [0.3, 0.4) is 0 Å². The Balaban J connectivity index is 1.43. The average molecular weight is 425 g/mol. The first kappa shape index (κ1) is 18.5. The molecule has 29 heavy (non-hydrogen) atoms. The van der Waals surface area contributed by atoms with Gasteiger partial charge < -0.3 is 15.0 Å². The molecule has 1 N–H and O–H groups in total. The van der Waals surface area contributed by atoms with Crippen LogP contribution >= 0.6 is 22.7 Å². The maximum Gasteiger partial charge on any atom is 0.264 e. The second kappa shape index (κ2) is 7.70. The maximum atomic E-state index is 13.0. The van der Waals surface area contributed by atoms with Crippen LogP contribution in [0.1, 0.15) is 20.1 Å². The third-order valence-electron chi connectivity index (χ3n) is 5.13. The lowest BCUT2D eigenvalue weighted by molar-refractivity contribution is 0.0306. The number of carbonyl (C=O) groups excluding carboxylic acids is 1. The highest BCUT2D eigenvalue weighted by molar-refractivity contribution is 7.20. The minimum absolute atomic E-state index is 0.0595. The number of morpholine rings is 1. The normalized spacial score (nSPS) is 14.6. The van der Waals surface area contributed by atoms with E-state index in [-0.39, 0.29) is 5.91 Å². The third-order valence-corrected chi connectivity index (χ3v) is 7.43. The van der Waals surface area contributed by atoms with E-state index in [1.807, 2.05) is 11.8 Å². The molecule has 6 nitrogen and oxygen atoms in total. The SMILES string of the molecule is Cc1c(C(=O)N2CCOCC2)sc2ncnc(NCc3cc4ccccc4s3)c12. The Labute approximate surface area is 176 Å². The van der Waals surface area contributed by atoms with Crippen molar-refractivity contribution in [1.82, 2.24) is 14.9 Å². The fourth-order valence-electron chi connectivity index (χ4n) is 3.61. The van der Waals surface area contributed by atoms with Crippen LogP contribution in [0.15, 0.2) is 36.7 Å². The van der Waals surface area contributed by atoms with E-state index >= 15 is 0 Å². The Hall–Kier alpha value is -2.55. The summed E-state index contributed by atoms with van der Waals surface area (Å²) in [6.07, 6.45) is 1.56. The van der Waals surface area contributed by atoms with Gasteiger partial charge in [0.25, 0.3) is 5.91 Å². The lowest BCUT2D eigenvalue weighted by atomic mass is 10.2. The van der Waals surface area contributed by atoms with Gasteiger partial charge in [-0.15, -0.1) is 22.7 Å². The van der Waals surface area contributed by atoms with Crippen molar-refractivity contribution in [3.63, 3.8) is 0 Å². The van der Waals surface area contributed by atoms with E-state index in [0.717, 1.165) is 26.5 Å². The lowest BCUT2D eigenvalue weighted by Crippen LogP contribution is -2.40. The first-order valence-electron chi connectivity index (χ1n) is 9.53. The van der Waals surface area contributed by atoms with Crippen LogP contribution in [0.5, 0.6) is 0 Å². The van der Waals surface area contributed by atoms with Crippen LogP contribution in [0.25, 0.3) is 20.3 Å². The molecule has 4 heterocycles. The number of nitrogens with one attached hydrogen (secondary N) is 1. The summed E-state index contributed by atoms with van der Waals surface area (Å²) < 4.78 is 6.65. The molecule has 0 spiro atoms. The number of anilines is 1. The van der Waals surface area contributed by atoms with Crippen LogP contribution in [0.4, 0.5) is 5.82 Å². The molecule has 0 saturated carbocycles. The fraction of sp³-hybridized carbons (Fsp3) is 0.286. The zero-order valence-electron chi connectivity index (χ0n) is 16.0. The standard InChI is InChI=1S/C21H20N4O2S2/c1-13-17-19(22-11-15-10-14-4-2-3-5-16(14)28-15)23-12-24-20(17)29-18(13)21(26)25-6-8-27-9-7-25/h2-5,10,12H,6-9,11H2,1H3,(H,22,23,24). The van der Waals surface area contributed by atoms with Crippen LogP contribution in [-0.2, 0) is 11.3 Å². The molecule has 3 aromatic heterocycles. The number of hydrogen-bond acceptors (Lipinski definition) is 7. The van der Waals surface area contributed by atoms with Gasteiger partial charge in [0.1, 0.15) is 17.0 Å². The highest BCUT2D eigenvalue weighted by Crippen LogP contribution is 2.34.